The number of nitrogens with zero attached hydrogens (tertiary/aromatic N) is 2. The molecule has 1 unspecified atom stereocenters. The highest BCUT2D eigenvalue weighted by molar-refractivity contribution is 5.84. The molecule has 1 atom stereocenters. The fourth-order valence-corrected chi connectivity index (χ4v) is 2.81. The molecule has 3 rings (SSSR count). The average Bonchev–Trinajstić information content (AvgIpc) is 2.79. The van der Waals surface area contributed by atoms with Crippen molar-refractivity contribution in [2.45, 2.75) is 32.9 Å². The van der Waals surface area contributed by atoms with E-state index in [2.05, 4.69) is 59.9 Å². The SMILES string of the molecule is Cc1cccnc1Cn1cc(CC(C)N)c2ccccc21. The van der Waals surface area contributed by atoms with Crippen molar-refractivity contribution in [1.29, 1.82) is 0 Å². The van der Waals surface area contributed by atoms with Gasteiger partial charge in [0, 0.05) is 29.3 Å². The van der Waals surface area contributed by atoms with Gasteiger partial charge in [-0.3, -0.25) is 4.98 Å². The van der Waals surface area contributed by atoms with E-state index >= 15 is 0 Å². The van der Waals surface area contributed by atoms with E-state index in [-0.39, 0.29) is 6.04 Å². The summed E-state index contributed by atoms with van der Waals surface area (Å²) in [5.74, 6) is 0. The Kier molecular flexibility index (Phi) is 3.76. The van der Waals surface area contributed by atoms with Crippen LogP contribution in [0.1, 0.15) is 23.7 Å². The number of benzene rings is 1. The van der Waals surface area contributed by atoms with Crippen LogP contribution in [0.4, 0.5) is 0 Å². The first kappa shape index (κ1) is 13.8. The zero-order chi connectivity index (χ0) is 14.8. The highest BCUT2D eigenvalue weighted by Gasteiger charge is 2.10. The molecule has 3 nitrogen and oxygen atoms in total. The first-order valence-electron chi connectivity index (χ1n) is 7.38. The Morgan fingerprint density at radius 2 is 2.00 bits per heavy atom. The Hall–Kier alpha value is -2.13. The van der Waals surface area contributed by atoms with Gasteiger partial charge in [-0.1, -0.05) is 24.3 Å². The number of nitrogens with two attached hydrogens (primary N) is 1. The maximum Gasteiger partial charge on any atom is 0.0651 e. The van der Waals surface area contributed by atoms with Gasteiger partial charge < -0.3 is 10.3 Å². The van der Waals surface area contributed by atoms with Crippen LogP contribution in [0.25, 0.3) is 10.9 Å². The zero-order valence-electron chi connectivity index (χ0n) is 12.6. The molecule has 0 aliphatic heterocycles. The third kappa shape index (κ3) is 2.83. The lowest BCUT2D eigenvalue weighted by molar-refractivity contribution is 0.732. The van der Waals surface area contributed by atoms with Crippen LogP contribution in [0.5, 0.6) is 0 Å². The molecule has 1 aromatic carbocycles. The first-order valence-corrected chi connectivity index (χ1v) is 7.38. The Balaban J connectivity index is 2.04. The van der Waals surface area contributed by atoms with Crippen LogP contribution in [0, 0.1) is 6.92 Å². The molecule has 2 heterocycles. The third-order valence-electron chi connectivity index (χ3n) is 3.85. The Bertz CT molecular complexity index is 756. The van der Waals surface area contributed by atoms with E-state index in [1.165, 1.54) is 22.0 Å². The molecule has 0 bridgehead atoms. The van der Waals surface area contributed by atoms with Crippen LogP contribution in [-0.2, 0) is 13.0 Å². The molecule has 2 aromatic heterocycles. The third-order valence-corrected chi connectivity index (χ3v) is 3.85. The summed E-state index contributed by atoms with van der Waals surface area (Å²) in [5, 5.41) is 1.29. The summed E-state index contributed by atoms with van der Waals surface area (Å²) >= 11 is 0. The quantitative estimate of drug-likeness (QED) is 0.796. The molecule has 0 saturated carbocycles. The molecule has 2 N–H and O–H groups in total. The fraction of sp³-hybridized carbons (Fsp3) is 0.278. The molecule has 3 heteroatoms. The molecule has 0 aliphatic rings. The van der Waals surface area contributed by atoms with E-state index in [0.717, 1.165) is 18.7 Å². The standard InChI is InChI=1S/C18H21N3/c1-13-6-5-9-20-17(13)12-21-11-15(10-14(2)19)16-7-3-4-8-18(16)21/h3-9,11,14H,10,12,19H2,1-2H3. The number of hydrogen-bond donors (Lipinski definition) is 1. The molecule has 3 aromatic rings. The predicted octanol–water partition coefficient (Wildman–Crippen LogP) is 3.28. The molecule has 0 fully saturated rings. The van der Waals surface area contributed by atoms with Gasteiger partial charge in [0.2, 0.25) is 0 Å². The minimum absolute atomic E-state index is 0.167. The number of pyridine rings is 1. The largest absolute Gasteiger partial charge is 0.341 e. The Morgan fingerprint density at radius 3 is 2.76 bits per heavy atom. The first-order chi connectivity index (χ1) is 10.1. The molecule has 0 saturated heterocycles. The van der Waals surface area contributed by atoms with Gasteiger partial charge in [-0.05, 0) is 43.5 Å². The van der Waals surface area contributed by atoms with Crippen LogP contribution in [-0.4, -0.2) is 15.6 Å². The van der Waals surface area contributed by atoms with Crippen molar-refractivity contribution in [3.8, 4) is 0 Å². The monoisotopic (exact) mass is 279 g/mol. The van der Waals surface area contributed by atoms with Gasteiger partial charge in [-0.25, -0.2) is 0 Å². The Labute approximate surface area is 125 Å². The van der Waals surface area contributed by atoms with E-state index in [9.17, 15) is 0 Å². The van der Waals surface area contributed by atoms with Crippen LogP contribution < -0.4 is 5.73 Å². The van der Waals surface area contributed by atoms with Crippen molar-refractivity contribution in [2.24, 2.45) is 5.73 Å². The lowest BCUT2D eigenvalue weighted by atomic mass is 10.1. The number of rotatable bonds is 4. The van der Waals surface area contributed by atoms with Gasteiger partial charge >= 0.3 is 0 Å². The van der Waals surface area contributed by atoms with E-state index in [4.69, 9.17) is 5.73 Å². The highest BCUT2D eigenvalue weighted by atomic mass is 15.0. The number of hydrogen-bond acceptors (Lipinski definition) is 2. The summed E-state index contributed by atoms with van der Waals surface area (Å²) in [6.07, 6.45) is 4.98. The van der Waals surface area contributed by atoms with Gasteiger partial charge in [0.25, 0.3) is 0 Å². The average molecular weight is 279 g/mol. The second kappa shape index (κ2) is 5.70. The Morgan fingerprint density at radius 1 is 1.19 bits per heavy atom. The van der Waals surface area contributed by atoms with E-state index in [1.807, 2.05) is 12.3 Å². The molecule has 0 amide bonds. The van der Waals surface area contributed by atoms with Crippen LogP contribution in [0.3, 0.4) is 0 Å². The summed E-state index contributed by atoms with van der Waals surface area (Å²) in [6, 6.07) is 12.8. The predicted molar refractivity (Wildman–Crippen MR) is 87.4 cm³/mol. The van der Waals surface area contributed by atoms with E-state index < -0.39 is 0 Å². The van der Waals surface area contributed by atoms with E-state index in [0.29, 0.717) is 0 Å². The maximum absolute atomic E-state index is 5.98. The van der Waals surface area contributed by atoms with Gasteiger partial charge in [0.15, 0.2) is 0 Å². The smallest absolute Gasteiger partial charge is 0.0651 e. The number of para-hydroxylation sites is 1. The summed E-state index contributed by atoms with van der Waals surface area (Å²) in [4.78, 5) is 4.51. The van der Waals surface area contributed by atoms with Gasteiger partial charge in [-0.2, -0.15) is 0 Å². The molecule has 0 radical (unpaired) electrons. The molecular weight excluding hydrogens is 258 g/mol. The lowest BCUT2D eigenvalue weighted by Gasteiger charge is -2.07. The van der Waals surface area contributed by atoms with Crippen molar-refractivity contribution in [2.75, 3.05) is 0 Å². The topological polar surface area (TPSA) is 43.8 Å². The van der Waals surface area contributed by atoms with Crippen LogP contribution in [0.15, 0.2) is 48.8 Å². The van der Waals surface area contributed by atoms with Crippen LogP contribution >= 0.6 is 0 Å². The molecule has 0 spiro atoms. The van der Waals surface area contributed by atoms with Gasteiger partial charge in [-0.15, -0.1) is 0 Å². The fourth-order valence-electron chi connectivity index (χ4n) is 2.81. The minimum atomic E-state index is 0.167. The van der Waals surface area contributed by atoms with Crippen molar-refractivity contribution >= 4 is 10.9 Å². The second-order valence-electron chi connectivity index (χ2n) is 5.75. The second-order valence-corrected chi connectivity index (χ2v) is 5.75. The van der Waals surface area contributed by atoms with Crippen LogP contribution in [0.2, 0.25) is 0 Å². The van der Waals surface area contributed by atoms with Crippen molar-refractivity contribution in [1.82, 2.24) is 9.55 Å². The molecular formula is C18H21N3. The number of aromatic nitrogens is 2. The van der Waals surface area contributed by atoms with Gasteiger partial charge in [0.1, 0.15) is 0 Å². The summed E-state index contributed by atoms with van der Waals surface area (Å²) in [7, 11) is 0. The lowest BCUT2D eigenvalue weighted by Crippen LogP contribution is -2.17. The van der Waals surface area contributed by atoms with Crippen molar-refractivity contribution < 1.29 is 0 Å². The molecule has 0 aliphatic carbocycles. The molecule has 21 heavy (non-hydrogen) atoms. The summed E-state index contributed by atoms with van der Waals surface area (Å²) in [6.45, 7) is 4.96. The number of fused-ring (bicyclic) bond motifs is 1. The summed E-state index contributed by atoms with van der Waals surface area (Å²) < 4.78 is 2.28. The zero-order valence-corrected chi connectivity index (χ0v) is 12.6. The molecule has 108 valence electrons. The maximum atomic E-state index is 5.98. The summed E-state index contributed by atoms with van der Waals surface area (Å²) in [5.41, 5.74) is 10.9. The number of aryl methyl sites for hydroxylation is 1. The van der Waals surface area contributed by atoms with Crippen molar-refractivity contribution in [3.05, 3.63) is 65.6 Å². The van der Waals surface area contributed by atoms with Crippen molar-refractivity contribution in [3.63, 3.8) is 0 Å². The van der Waals surface area contributed by atoms with Gasteiger partial charge in [0.05, 0.1) is 12.2 Å². The normalized spacial score (nSPS) is 12.7. The highest BCUT2D eigenvalue weighted by Crippen LogP contribution is 2.23. The van der Waals surface area contributed by atoms with E-state index in [1.54, 1.807) is 0 Å². The minimum Gasteiger partial charge on any atom is -0.341 e.